The molecule has 0 N–H and O–H groups in total. The maximum Gasteiger partial charge on any atom is 0.142 e. The molecule has 0 unspecified atom stereocenters. The van der Waals surface area contributed by atoms with Crippen LogP contribution in [0.15, 0.2) is 41.7 Å². The summed E-state index contributed by atoms with van der Waals surface area (Å²) in [6.45, 7) is 4.16. The van der Waals surface area contributed by atoms with Crippen molar-refractivity contribution in [2.75, 3.05) is 0 Å². The molecular weight excluding hydrogens is 172 g/mol. The highest BCUT2D eigenvalue weighted by Gasteiger charge is 1.88. The molecule has 0 saturated carbocycles. The van der Waals surface area contributed by atoms with Crippen molar-refractivity contribution in [3.63, 3.8) is 0 Å². The second kappa shape index (κ2) is 9.76. The maximum atomic E-state index is 9.99. The van der Waals surface area contributed by atoms with Crippen molar-refractivity contribution in [3.05, 3.63) is 41.7 Å². The van der Waals surface area contributed by atoms with Crippen LogP contribution in [-0.2, 0) is 4.79 Å². The quantitative estimate of drug-likeness (QED) is 0.271. The van der Waals surface area contributed by atoms with Gasteiger partial charge in [-0.15, -0.1) is 5.73 Å². The molecule has 0 bridgehead atoms. The molecule has 0 rings (SSSR count). The molecule has 0 amide bonds. The van der Waals surface area contributed by atoms with E-state index in [1.165, 1.54) is 24.5 Å². The van der Waals surface area contributed by atoms with Gasteiger partial charge in [0, 0.05) is 0 Å². The van der Waals surface area contributed by atoms with Crippen molar-refractivity contribution in [1.29, 1.82) is 0 Å². The Hall–Kier alpha value is -1.33. The monoisotopic (exact) mass is 190 g/mol. The van der Waals surface area contributed by atoms with Crippen molar-refractivity contribution >= 4 is 6.29 Å². The molecule has 0 aromatic rings. The minimum absolute atomic E-state index is 0.763. The van der Waals surface area contributed by atoms with Gasteiger partial charge in [-0.05, 0) is 37.5 Å². The van der Waals surface area contributed by atoms with E-state index in [-0.39, 0.29) is 0 Å². The largest absolute Gasteiger partial charge is 0.299 e. The first-order valence-electron chi connectivity index (χ1n) is 5.03. The van der Waals surface area contributed by atoms with E-state index in [0.29, 0.717) is 0 Å². The zero-order valence-corrected chi connectivity index (χ0v) is 8.99. The van der Waals surface area contributed by atoms with E-state index < -0.39 is 0 Å². The average molecular weight is 190 g/mol. The third-order valence-corrected chi connectivity index (χ3v) is 1.72. The van der Waals surface area contributed by atoms with Crippen LogP contribution in [0.3, 0.4) is 0 Å². The molecule has 0 saturated heterocycles. The summed E-state index contributed by atoms with van der Waals surface area (Å²) in [5.41, 5.74) is 4.33. The van der Waals surface area contributed by atoms with Gasteiger partial charge < -0.3 is 0 Å². The molecule has 76 valence electrons. The highest BCUT2D eigenvalue weighted by molar-refractivity contribution is 5.65. The fourth-order valence-electron chi connectivity index (χ4n) is 1.03. The zero-order chi connectivity index (χ0) is 10.6. The average Bonchev–Trinajstić information content (AvgIpc) is 2.20. The van der Waals surface area contributed by atoms with Gasteiger partial charge in [-0.3, -0.25) is 4.79 Å². The lowest BCUT2D eigenvalue weighted by Gasteiger charge is -1.95. The number of aldehydes is 1. The Labute approximate surface area is 86.5 Å². The van der Waals surface area contributed by atoms with Crippen molar-refractivity contribution in [2.24, 2.45) is 0 Å². The Morgan fingerprint density at radius 2 is 2.14 bits per heavy atom. The Balaban J connectivity index is 4.37. The van der Waals surface area contributed by atoms with Gasteiger partial charge in [0.05, 0.1) is 0 Å². The van der Waals surface area contributed by atoms with Crippen LogP contribution < -0.4 is 0 Å². The molecule has 0 aromatic heterocycles. The van der Waals surface area contributed by atoms with E-state index in [2.05, 4.69) is 18.7 Å². The van der Waals surface area contributed by atoms with Gasteiger partial charge >= 0.3 is 0 Å². The molecule has 0 aromatic carbocycles. The summed E-state index contributed by atoms with van der Waals surface area (Å²) < 4.78 is 0. The Bertz CT molecular complexity index is 263. The van der Waals surface area contributed by atoms with E-state index in [1.807, 2.05) is 13.0 Å². The van der Waals surface area contributed by atoms with Gasteiger partial charge in [0.2, 0.25) is 0 Å². The lowest BCUT2D eigenvalue weighted by Crippen LogP contribution is -1.76. The summed E-state index contributed by atoms with van der Waals surface area (Å²) in [5, 5.41) is 0. The van der Waals surface area contributed by atoms with E-state index in [9.17, 15) is 4.79 Å². The SMILES string of the molecule is C/C=C\C(=C=C/C=C/C=O)CCCC. The summed E-state index contributed by atoms with van der Waals surface area (Å²) >= 11 is 0. The number of hydrogen-bond acceptors (Lipinski definition) is 1. The molecular formula is C13H18O. The fourth-order valence-corrected chi connectivity index (χ4v) is 1.03. The second-order valence-electron chi connectivity index (χ2n) is 2.96. The van der Waals surface area contributed by atoms with Crippen LogP contribution in [0, 0.1) is 0 Å². The number of carbonyl (C=O) groups is 1. The normalized spacial score (nSPS) is 10.4. The minimum Gasteiger partial charge on any atom is -0.299 e. The van der Waals surface area contributed by atoms with E-state index in [0.717, 1.165) is 12.7 Å². The predicted octanol–water partition coefficient (Wildman–Crippen LogP) is 3.59. The topological polar surface area (TPSA) is 17.1 Å². The number of carbonyl (C=O) groups excluding carboxylic acids is 1. The molecule has 0 fully saturated rings. The maximum absolute atomic E-state index is 9.99. The van der Waals surface area contributed by atoms with Gasteiger partial charge in [-0.1, -0.05) is 31.6 Å². The molecule has 0 aliphatic rings. The highest BCUT2D eigenvalue weighted by Crippen LogP contribution is 2.07. The first-order valence-corrected chi connectivity index (χ1v) is 5.03. The molecule has 0 heterocycles. The van der Waals surface area contributed by atoms with Gasteiger partial charge in [-0.2, -0.15) is 0 Å². The predicted molar refractivity (Wildman–Crippen MR) is 61.1 cm³/mol. The minimum atomic E-state index is 0.763. The first kappa shape index (κ1) is 12.7. The lowest BCUT2D eigenvalue weighted by molar-refractivity contribution is -0.104. The van der Waals surface area contributed by atoms with Crippen LogP contribution in [0.5, 0.6) is 0 Å². The Morgan fingerprint density at radius 3 is 2.71 bits per heavy atom. The summed E-state index contributed by atoms with van der Waals surface area (Å²) in [6.07, 6.45) is 13.2. The third kappa shape index (κ3) is 7.33. The summed E-state index contributed by atoms with van der Waals surface area (Å²) in [5.74, 6) is 0. The van der Waals surface area contributed by atoms with Crippen LogP contribution in [0.25, 0.3) is 0 Å². The number of rotatable bonds is 6. The summed E-state index contributed by atoms with van der Waals surface area (Å²) in [6, 6.07) is 0. The van der Waals surface area contributed by atoms with Crippen molar-refractivity contribution in [3.8, 4) is 0 Å². The number of allylic oxidation sites excluding steroid dienone is 5. The van der Waals surface area contributed by atoms with Crippen LogP contribution in [-0.4, -0.2) is 6.29 Å². The fraction of sp³-hybridized carbons (Fsp3) is 0.385. The highest BCUT2D eigenvalue weighted by atomic mass is 16.1. The van der Waals surface area contributed by atoms with Gasteiger partial charge in [0.15, 0.2) is 0 Å². The lowest BCUT2D eigenvalue weighted by atomic mass is 10.1. The molecule has 0 radical (unpaired) electrons. The van der Waals surface area contributed by atoms with Crippen LogP contribution >= 0.6 is 0 Å². The second-order valence-corrected chi connectivity index (χ2v) is 2.96. The van der Waals surface area contributed by atoms with E-state index in [1.54, 1.807) is 12.2 Å². The molecule has 14 heavy (non-hydrogen) atoms. The first-order chi connectivity index (χ1) is 6.85. The van der Waals surface area contributed by atoms with Gasteiger partial charge in [-0.25, -0.2) is 0 Å². The number of unbranched alkanes of at least 4 members (excludes halogenated alkanes) is 1. The van der Waals surface area contributed by atoms with Gasteiger partial charge in [0.1, 0.15) is 6.29 Å². The Kier molecular flexibility index (Phi) is 8.83. The van der Waals surface area contributed by atoms with E-state index in [4.69, 9.17) is 0 Å². The molecule has 0 aliphatic heterocycles. The van der Waals surface area contributed by atoms with Gasteiger partial charge in [0.25, 0.3) is 0 Å². The standard InChI is InChI=1S/C13H18O/c1-3-5-10-13(9-4-2)11-7-6-8-12-14/h4,6-9,12H,3,5,10H2,1-2H3/b8-6+,9-4-. The summed E-state index contributed by atoms with van der Waals surface area (Å²) in [7, 11) is 0. The Morgan fingerprint density at radius 1 is 1.36 bits per heavy atom. The molecule has 0 spiro atoms. The summed E-state index contributed by atoms with van der Waals surface area (Å²) in [4.78, 5) is 9.99. The van der Waals surface area contributed by atoms with Crippen LogP contribution in [0.2, 0.25) is 0 Å². The third-order valence-electron chi connectivity index (χ3n) is 1.72. The molecule has 0 atom stereocenters. The molecule has 1 nitrogen and oxygen atoms in total. The smallest absolute Gasteiger partial charge is 0.142 e. The van der Waals surface area contributed by atoms with Crippen molar-refractivity contribution < 1.29 is 4.79 Å². The van der Waals surface area contributed by atoms with E-state index >= 15 is 0 Å². The van der Waals surface area contributed by atoms with Crippen LogP contribution in [0.1, 0.15) is 33.1 Å². The van der Waals surface area contributed by atoms with Crippen molar-refractivity contribution in [2.45, 2.75) is 33.1 Å². The van der Waals surface area contributed by atoms with Crippen molar-refractivity contribution in [1.82, 2.24) is 0 Å². The zero-order valence-electron chi connectivity index (χ0n) is 8.99. The molecule has 1 heteroatoms. The molecule has 0 aliphatic carbocycles. The number of hydrogen-bond donors (Lipinski definition) is 0. The van der Waals surface area contributed by atoms with Crippen LogP contribution in [0.4, 0.5) is 0 Å².